The van der Waals surface area contributed by atoms with E-state index < -0.39 is 47.8 Å². The van der Waals surface area contributed by atoms with Crippen LogP contribution in [0.3, 0.4) is 0 Å². The number of nitrogens with one attached hydrogen (secondary N) is 5. The predicted octanol–water partition coefficient (Wildman–Crippen LogP) is 0.933. The van der Waals surface area contributed by atoms with Gasteiger partial charge in [-0.15, -0.1) is 0 Å². The molecule has 4 amide bonds. The van der Waals surface area contributed by atoms with Gasteiger partial charge in [-0.1, -0.05) is 30.3 Å². The Labute approximate surface area is 211 Å². The minimum absolute atomic E-state index is 0.0449. The Bertz CT molecular complexity index is 1340. The van der Waals surface area contributed by atoms with Crippen molar-refractivity contribution in [2.24, 2.45) is 5.92 Å². The second-order valence-electron chi connectivity index (χ2n) is 8.76. The van der Waals surface area contributed by atoms with E-state index in [0.29, 0.717) is 23.9 Å². The molecule has 1 aromatic heterocycles. The standard InChI is InChI=1S/C26H26FN5O5/c27-18-6-7-19-17(10-18)12-21(31-19)25(36)30-14-22(33)32-20(11-16-8-9-28-24(16)35)23(34)26(37)29-13-15-4-2-1-3-5-15/h1-7,10,12,16,20,31H,8-9,11,13-14H2,(H,28,35)(H,29,37)(H,30,36)(H,32,33). The third-order valence-electron chi connectivity index (χ3n) is 6.09. The lowest BCUT2D eigenvalue weighted by Crippen LogP contribution is -2.51. The van der Waals surface area contributed by atoms with E-state index in [9.17, 15) is 28.4 Å². The monoisotopic (exact) mass is 507 g/mol. The van der Waals surface area contributed by atoms with Gasteiger partial charge in [0.15, 0.2) is 0 Å². The zero-order valence-electron chi connectivity index (χ0n) is 19.8. The van der Waals surface area contributed by atoms with Crippen molar-refractivity contribution >= 4 is 40.3 Å². The van der Waals surface area contributed by atoms with Gasteiger partial charge in [0, 0.05) is 29.9 Å². The molecule has 5 N–H and O–H groups in total. The Morgan fingerprint density at radius 3 is 2.54 bits per heavy atom. The van der Waals surface area contributed by atoms with Crippen LogP contribution in [0, 0.1) is 11.7 Å². The minimum atomic E-state index is -1.25. The molecule has 0 aliphatic carbocycles. The Morgan fingerprint density at radius 2 is 1.81 bits per heavy atom. The summed E-state index contributed by atoms with van der Waals surface area (Å²) in [5.41, 5.74) is 1.48. The van der Waals surface area contributed by atoms with Crippen molar-refractivity contribution < 1.29 is 28.4 Å². The van der Waals surface area contributed by atoms with Crippen LogP contribution in [-0.2, 0) is 25.7 Å². The number of amides is 4. The number of carbonyl (C=O) groups excluding carboxylic acids is 5. The Morgan fingerprint density at radius 1 is 1.03 bits per heavy atom. The van der Waals surface area contributed by atoms with Crippen LogP contribution in [0.2, 0.25) is 0 Å². The highest BCUT2D eigenvalue weighted by molar-refractivity contribution is 6.38. The van der Waals surface area contributed by atoms with Crippen molar-refractivity contribution in [2.75, 3.05) is 13.1 Å². The summed E-state index contributed by atoms with van der Waals surface area (Å²) < 4.78 is 13.4. The molecule has 2 heterocycles. The summed E-state index contributed by atoms with van der Waals surface area (Å²) in [5.74, 6) is -4.31. The summed E-state index contributed by atoms with van der Waals surface area (Å²) in [7, 11) is 0. The SMILES string of the molecule is O=C(CNC(=O)c1cc2cc(F)ccc2[nH]1)NC(CC1CCNC1=O)C(=O)C(=O)NCc1ccccc1. The fourth-order valence-corrected chi connectivity index (χ4v) is 4.14. The van der Waals surface area contributed by atoms with E-state index in [4.69, 9.17) is 0 Å². The molecule has 2 unspecified atom stereocenters. The number of rotatable bonds is 10. The van der Waals surface area contributed by atoms with Gasteiger partial charge in [0.05, 0.1) is 12.6 Å². The van der Waals surface area contributed by atoms with Gasteiger partial charge in [0.1, 0.15) is 11.5 Å². The van der Waals surface area contributed by atoms with Gasteiger partial charge < -0.3 is 26.3 Å². The van der Waals surface area contributed by atoms with Crippen LogP contribution in [-0.4, -0.2) is 53.5 Å². The van der Waals surface area contributed by atoms with Gasteiger partial charge in [-0.3, -0.25) is 24.0 Å². The summed E-state index contributed by atoms with van der Waals surface area (Å²) in [6.07, 6.45) is 0.429. The number of benzene rings is 2. The smallest absolute Gasteiger partial charge is 0.289 e. The zero-order valence-corrected chi connectivity index (χ0v) is 19.8. The largest absolute Gasteiger partial charge is 0.356 e. The molecular formula is C26H26FN5O5. The quantitative estimate of drug-likeness (QED) is 0.259. The Hall–Kier alpha value is -4.54. The molecule has 11 heteroatoms. The van der Waals surface area contributed by atoms with E-state index >= 15 is 0 Å². The number of ketones is 1. The van der Waals surface area contributed by atoms with Crippen LogP contribution in [0.15, 0.2) is 54.6 Å². The molecule has 2 aromatic carbocycles. The van der Waals surface area contributed by atoms with E-state index in [1.807, 2.05) is 6.07 Å². The molecular weight excluding hydrogens is 481 g/mol. The van der Waals surface area contributed by atoms with Gasteiger partial charge >= 0.3 is 0 Å². The molecule has 1 fully saturated rings. The van der Waals surface area contributed by atoms with Crippen LogP contribution in [0.4, 0.5) is 4.39 Å². The maximum atomic E-state index is 13.4. The number of hydrogen-bond acceptors (Lipinski definition) is 5. The van der Waals surface area contributed by atoms with Gasteiger partial charge in [0.25, 0.3) is 11.8 Å². The maximum Gasteiger partial charge on any atom is 0.289 e. The summed E-state index contributed by atoms with van der Waals surface area (Å²) in [4.78, 5) is 65.4. The van der Waals surface area contributed by atoms with Crippen LogP contribution < -0.4 is 21.3 Å². The Kier molecular flexibility index (Phi) is 7.92. The van der Waals surface area contributed by atoms with Crippen molar-refractivity contribution in [1.29, 1.82) is 0 Å². The summed E-state index contributed by atoms with van der Waals surface area (Å²) in [5, 5.41) is 10.6. The third-order valence-corrected chi connectivity index (χ3v) is 6.09. The molecule has 10 nitrogen and oxygen atoms in total. The number of H-pyrrole nitrogens is 1. The summed E-state index contributed by atoms with van der Waals surface area (Å²) in [6.45, 7) is 0.0955. The van der Waals surface area contributed by atoms with E-state index in [2.05, 4.69) is 26.3 Å². The van der Waals surface area contributed by atoms with Crippen molar-refractivity contribution in [3.8, 4) is 0 Å². The van der Waals surface area contributed by atoms with Crippen molar-refractivity contribution in [3.63, 3.8) is 0 Å². The third kappa shape index (κ3) is 6.57. The fourth-order valence-electron chi connectivity index (χ4n) is 4.14. The highest BCUT2D eigenvalue weighted by atomic mass is 19.1. The van der Waals surface area contributed by atoms with Gasteiger partial charge in [-0.25, -0.2) is 4.39 Å². The number of fused-ring (bicyclic) bond motifs is 1. The molecule has 0 saturated carbocycles. The molecule has 192 valence electrons. The van der Waals surface area contributed by atoms with Crippen molar-refractivity contribution in [2.45, 2.75) is 25.4 Å². The number of aromatic nitrogens is 1. The van der Waals surface area contributed by atoms with Gasteiger partial charge in [0.2, 0.25) is 17.6 Å². The number of carbonyl (C=O) groups is 5. The second-order valence-corrected chi connectivity index (χ2v) is 8.76. The van der Waals surface area contributed by atoms with Crippen LogP contribution in [0.1, 0.15) is 28.9 Å². The Balaban J connectivity index is 1.36. The van der Waals surface area contributed by atoms with E-state index in [-0.39, 0.29) is 24.6 Å². The summed E-state index contributed by atoms with van der Waals surface area (Å²) in [6, 6.07) is 13.2. The predicted molar refractivity (Wildman–Crippen MR) is 132 cm³/mol. The molecule has 3 aromatic rings. The minimum Gasteiger partial charge on any atom is -0.356 e. The molecule has 2 atom stereocenters. The highest BCUT2D eigenvalue weighted by Gasteiger charge is 2.34. The molecule has 0 bridgehead atoms. The normalized spacial score (nSPS) is 15.6. The molecule has 1 aliphatic rings. The second kappa shape index (κ2) is 11.5. The average molecular weight is 508 g/mol. The summed E-state index contributed by atoms with van der Waals surface area (Å²) >= 11 is 0. The molecule has 0 spiro atoms. The molecule has 1 saturated heterocycles. The number of Topliss-reactive ketones (excluding diaryl/α,β-unsaturated/α-hetero) is 1. The molecule has 4 rings (SSSR count). The van der Waals surface area contributed by atoms with E-state index in [0.717, 1.165) is 5.56 Å². The van der Waals surface area contributed by atoms with Crippen LogP contribution in [0.5, 0.6) is 0 Å². The van der Waals surface area contributed by atoms with Crippen LogP contribution in [0.25, 0.3) is 10.9 Å². The van der Waals surface area contributed by atoms with Crippen molar-refractivity contribution in [3.05, 3.63) is 71.7 Å². The lowest BCUT2D eigenvalue weighted by atomic mass is 9.95. The average Bonchev–Trinajstić information content (AvgIpc) is 3.51. The lowest BCUT2D eigenvalue weighted by Gasteiger charge is -2.20. The lowest BCUT2D eigenvalue weighted by molar-refractivity contribution is -0.140. The number of hydrogen-bond donors (Lipinski definition) is 5. The topological polar surface area (TPSA) is 149 Å². The zero-order chi connectivity index (χ0) is 26.4. The van der Waals surface area contributed by atoms with Crippen LogP contribution >= 0.6 is 0 Å². The van der Waals surface area contributed by atoms with E-state index in [1.165, 1.54) is 24.3 Å². The first-order chi connectivity index (χ1) is 17.8. The first kappa shape index (κ1) is 25.5. The highest BCUT2D eigenvalue weighted by Crippen LogP contribution is 2.18. The fraction of sp³-hybridized carbons (Fsp3) is 0.269. The van der Waals surface area contributed by atoms with Crippen molar-refractivity contribution in [1.82, 2.24) is 26.3 Å². The van der Waals surface area contributed by atoms with Gasteiger partial charge in [-0.2, -0.15) is 0 Å². The molecule has 1 aliphatic heterocycles. The first-order valence-corrected chi connectivity index (χ1v) is 11.8. The molecule has 0 radical (unpaired) electrons. The number of aromatic amines is 1. The number of halogens is 1. The van der Waals surface area contributed by atoms with Gasteiger partial charge in [-0.05, 0) is 42.7 Å². The first-order valence-electron chi connectivity index (χ1n) is 11.8. The maximum absolute atomic E-state index is 13.4. The van der Waals surface area contributed by atoms with E-state index in [1.54, 1.807) is 24.3 Å². The molecule has 37 heavy (non-hydrogen) atoms.